The Kier molecular flexibility index (Phi) is 3.87. The van der Waals surface area contributed by atoms with Gasteiger partial charge in [0.1, 0.15) is 0 Å². The summed E-state index contributed by atoms with van der Waals surface area (Å²) in [5.41, 5.74) is 0. The number of hydrogen-bond acceptors (Lipinski definition) is 7. The maximum absolute atomic E-state index is 12.5. The van der Waals surface area contributed by atoms with E-state index < -0.39 is 10.0 Å². The van der Waals surface area contributed by atoms with Gasteiger partial charge in [0.05, 0.1) is 6.54 Å². The Labute approximate surface area is 131 Å². The molecule has 1 aromatic heterocycles. The Bertz CT molecular complexity index is 712. The molecule has 0 aromatic carbocycles. The molecule has 1 aromatic rings. The van der Waals surface area contributed by atoms with Crippen LogP contribution in [0.25, 0.3) is 0 Å². The van der Waals surface area contributed by atoms with Crippen LogP contribution in [0.3, 0.4) is 0 Å². The van der Waals surface area contributed by atoms with Gasteiger partial charge in [-0.05, 0) is 12.8 Å². The van der Waals surface area contributed by atoms with Crippen molar-refractivity contribution in [1.82, 2.24) is 19.4 Å². The van der Waals surface area contributed by atoms with E-state index in [1.807, 2.05) is 0 Å². The Morgan fingerprint density at radius 3 is 2.64 bits per heavy atom. The van der Waals surface area contributed by atoms with Crippen molar-refractivity contribution >= 4 is 38.3 Å². The van der Waals surface area contributed by atoms with Gasteiger partial charge in [-0.1, -0.05) is 11.3 Å². The predicted octanol–water partition coefficient (Wildman–Crippen LogP) is -0.508. The van der Waals surface area contributed by atoms with Gasteiger partial charge in [0.15, 0.2) is 0 Å². The van der Waals surface area contributed by atoms with Crippen molar-refractivity contribution in [2.24, 2.45) is 0 Å². The normalized spacial score (nSPS) is 20.2. The molecule has 0 unspecified atom stereocenters. The molecule has 2 heterocycles. The van der Waals surface area contributed by atoms with E-state index in [2.05, 4.69) is 15.5 Å². The standard InChI is InChI=1S/C11H15N5O4S2/c1-7(17)12-10-13-14-11(21-10)22(19,20)15-4-5-16(8-2-3-8)9(18)6-15/h8H,2-6H2,1H3,(H,12,13,17). The first-order valence-corrected chi connectivity index (χ1v) is 9.04. The molecule has 11 heteroatoms. The molecule has 2 amide bonds. The minimum absolute atomic E-state index is 0.119. The molecule has 0 spiro atoms. The van der Waals surface area contributed by atoms with Crippen LogP contribution < -0.4 is 5.32 Å². The Hall–Kier alpha value is -1.59. The second-order valence-electron chi connectivity index (χ2n) is 5.21. The molecule has 120 valence electrons. The Balaban J connectivity index is 1.74. The lowest BCUT2D eigenvalue weighted by molar-refractivity contribution is -0.134. The largest absolute Gasteiger partial charge is 0.337 e. The summed E-state index contributed by atoms with van der Waals surface area (Å²) in [6, 6.07) is 0.283. The molecule has 1 aliphatic heterocycles. The van der Waals surface area contributed by atoms with Gasteiger partial charge in [0.2, 0.25) is 21.3 Å². The van der Waals surface area contributed by atoms with Crippen molar-refractivity contribution in [2.75, 3.05) is 25.0 Å². The fourth-order valence-electron chi connectivity index (χ4n) is 2.27. The number of nitrogens with one attached hydrogen (secondary N) is 1. The first kappa shape index (κ1) is 15.3. The van der Waals surface area contributed by atoms with E-state index in [4.69, 9.17) is 0 Å². The van der Waals surface area contributed by atoms with Crippen LogP contribution in [0.2, 0.25) is 0 Å². The van der Waals surface area contributed by atoms with Gasteiger partial charge in [0.25, 0.3) is 10.0 Å². The van der Waals surface area contributed by atoms with Crippen molar-refractivity contribution in [1.29, 1.82) is 0 Å². The molecule has 9 nitrogen and oxygen atoms in total. The van der Waals surface area contributed by atoms with E-state index in [9.17, 15) is 18.0 Å². The number of aromatic nitrogens is 2. The van der Waals surface area contributed by atoms with Gasteiger partial charge < -0.3 is 10.2 Å². The van der Waals surface area contributed by atoms with Crippen LogP contribution in [0.5, 0.6) is 0 Å². The Morgan fingerprint density at radius 1 is 1.32 bits per heavy atom. The van der Waals surface area contributed by atoms with E-state index in [-0.39, 0.29) is 40.4 Å². The van der Waals surface area contributed by atoms with Crippen molar-refractivity contribution < 1.29 is 18.0 Å². The van der Waals surface area contributed by atoms with Gasteiger partial charge in [-0.2, -0.15) is 4.31 Å². The second kappa shape index (κ2) is 5.56. The summed E-state index contributed by atoms with van der Waals surface area (Å²) in [5, 5.41) is 9.74. The van der Waals surface area contributed by atoms with Crippen LogP contribution >= 0.6 is 11.3 Å². The highest BCUT2D eigenvalue weighted by molar-refractivity contribution is 7.91. The van der Waals surface area contributed by atoms with E-state index in [0.717, 1.165) is 28.5 Å². The fraction of sp³-hybridized carbons (Fsp3) is 0.636. The molecule has 1 saturated heterocycles. The lowest BCUT2D eigenvalue weighted by Crippen LogP contribution is -2.52. The smallest absolute Gasteiger partial charge is 0.272 e. The summed E-state index contributed by atoms with van der Waals surface area (Å²) in [5.74, 6) is -0.530. The summed E-state index contributed by atoms with van der Waals surface area (Å²) in [6.45, 7) is 1.78. The molecule has 1 aliphatic carbocycles. The van der Waals surface area contributed by atoms with Gasteiger partial charge in [0, 0.05) is 26.1 Å². The van der Waals surface area contributed by atoms with Crippen molar-refractivity contribution in [3.63, 3.8) is 0 Å². The zero-order chi connectivity index (χ0) is 15.9. The summed E-state index contributed by atoms with van der Waals surface area (Å²) in [7, 11) is -3.86. The second-order valence-corrected chi connectivity index (χ2v) is 8.30. The average Bonchev–Trinajstić information content (AvgIpc) is 3.17. The molecule has 2 aliphatic rings. The summed E-state index contributed by atoms with van der Waals surface area (Å²) >= 11 is 0.774. The maximum Gasteiger partial charge on any atom is 0.272 e. The lowest BCUT2D eigenvalue weighted by Gasteiger charge is -2.33. The highest BCUT2D eigenvalue weighted by atomic mass is 32.2. The van der Waals surface area contributed by atoms with Crippen LogP contribution in [0, 0.1) is 0 Å². The zero-order valence-corrected chi connectivity index (χ0v) is 13.5. The minimum Gasteiger partial charge on any atom is -0.337 e. The van der Waals surface area contributed by atoms with Crippen LogP contribution in [0.1, 0.15) is 19.8 Å². The molecule has 1 N–H and O–H groups in total. The molecule has 0 radical (unpaired) electrons. The zero-order valence-electron chi connectivity index (χ0n) is 11.9. The van der Waals surface area contributed by atoms with Gasteiger partial charge in [-0.15, -0.1) is 10.2 Å². The van der Waals surface area contributed by atoms with Crippen LogP contribution in [0.15, 0.2) is 4.34 Å². The molecule has 22 heavy (non-hydrogen) atoms. The quantitative estimate of drug-likeness (QED) is 0.736. The minimum atomic E-state index is -3.86. The first-order chi connectivity index (χ1) is 10.4. The third kappa shape index (κ3) is 2.96. The van der Waals surface area contributed by atoms with Gasteiger partial charge in [-0.3, -0.25) is 9.59 Å². The predicted molar refractivity (Wildman–Crippen MR) is 77.7 cm³/mol. The van der Waals surface area contributed by atoms with Crippen LogP contribution in [-0.4, -0.2) is 65.3 Å². The number of carbonyl (C=O) groups excluding carboxylic acids is 2. The molecule has 0 atom stereocenters. The van der Waals surface area contributed by atoms with Crippen molar-refractivity contribution in [3.05, 3.63) is 0 Å². The SMILES string of the molecule is CC(=O)Nc1nnc(S(=O)(=O)N2CCN(C3CC3)C(=O)C2)s1. The third-order valence-electron chi connectivity index (χ3n) is 3.46. The fourth-order valence-corrected chi connectivity index (χ4v) is 4.73. The van der Waals surface area contributed by atoms with Crippen LogP contribution in [-0.2, 0) is 19.6 Å². The molecular weight excluding hydrogens is 330 g/mol. The Morgan fingerprint density at radius 2 is 2.05 bits per heavy atom. The molecule has 2 fully saturated rings. The topological polar surface area (TPSA) is 113 Å². The van der Waals surface area contributed by atoms with Gasteiger partial charge >= 0.3 is 0 Å². The third-order valence-corrected chi connectivity index (χ3v) is 6.49. The number of rotatable bonds is 4. The summed E-state index contributed by atoms with van der Waals surface area (Å²) < 4.78 is 25.8. The number of hydrogen-bond donors (Lipinski definition) is 1. The van der Waals surface area contributed by atoms with E-state index >= 15 is 0 Å². The number of amides is 2. The average molecular weight is 345 g/mol. The number of anilines is 1. The maximum atomic E-state index is 12.5. The number of piperazine rings is 1. The highest BCUT2D eigenvalue weighted by Crippen LogP contribution is 2.30. The van der Waals surface area contributed by atoms with E-state index in [1.54, 1.807) is 4.90 Å². The highest BCUT2D eigenvalue weighted by Gasteiger charge is 2.40. The van der Waals surface area contributed by atoms with Gasteiger partial charge in [-0.25, -0.2) is 8.42 Å². The molecule has 1 saturated carbocycles. The summed E-state index contributed by atoms with van der Waals surface area (Å²) in [6.07, 6.45) is 1.99. The molecular formula is C11H15N5O4S2. The lowest BCUT2D eigenvalue weighted by atomic mass is 10.3. The van der Waals surface area contributed by atoms with Crippen molar-refractivity contribution in [3.8, 4) is 0 Å². The summed E-state index contributed by atoms with van der Waals surface area (Å²) in [4.78, 5) is 24.7. The van der Waals surface area contributed by atoms with Crippen LogP contribution in [0.4, 0.5) is 5.13 Å². The monoisotopic (exact) mass is 345 g/mol. The molecule has 0 bridgehead atoms. The first-order valence-electron chi connectivity index (χ1n) is 6.78. The number of nitrogens with zero attached hydrogens (tertiary/aromatic N) is 4. The number of carbonyl (C=O) groups is 2. The molecule has 3 rings (SSSR count). The van der Waals surface area contributed by atoms with E-state index in [0.29, 0.717) is 6.54 Å². The van der Waals surface area contributed by atoms with E-state index in [1.165, 1.54) is 6.92 Å². The van der Waals surface area contributed by atoms with Crippen molar-refractivity contribution in [2.45, 2.75) is 30.1 Å². The number of sulfonamides is 1.